The number of benzene rings is 1. The number of rotatable bonds is 5. The minimum absolute atomic E-state index is 0.161. The summed E-state index contributed by atoms with van der Waals surface area (Å²) in [5.41, 5.74) is 4.27. The Hall–Kier alpha value is -2.71. The van der Waals surface area contributed by atoms with Crippen LogP contribution in [0.5, 0.6) is 11.8 Å². The fourth-order valence-electron chi connectivity index (χ4n) is 2.84. The van der Waals surface area contributed by atoms with Crippen molar-refractivity contribution in [2.24, 2.45) is 5.73 Å². The van der Waals surface area contributed by atoms with Gasteiger partial charge in [0.1, 0.15) is 12.4 Å². The Morgan fingerprint density at radius 3 is 2.48 bits per heavy atom. The molecule has 1 aliphatic heterocycles. The maximum absolute atomic E-state index is 13.1. The number of alkyl halides is 3. The lowest BCUT2D eigenvalue weighted by atomic mass is 9.84. The van der Waals surface area contributed by atoms with Gasteiger partial charge in [-0.15, -0.1) is 0 Å². The zero-order valence-corrected chi connectivity index (χ0v) is 15.1. The molecule has 0 unspecified atom stereocenters. The van der Waals surface area contributed by atoms with Gasteiger partial charge in [0.15, 0.2) is 11.8 Å². The van der Waals surface area contributed by atoms with Crippen LogP contribution in [0, 0.1) is 6.92 Å². The van der Waals surface area contributed by atoms with Crippen LogP contribution in [0.4, 0.5) is 13.2 Å². The van der Waals surface area contributed by atoms with Crippen LogP contribution < -0.4 is 15.2 Å². The van der Waals surface area contributed by atoms with E-state index in [9.17, 15) is 18.0 Å². The molecule has 0 radical (unpaired) electrons. The second-order valence-corrected chi connectivity index (χ2v) is 7.00. The summed E-state index contributed by atoms with van der Waals surface area (Å²) in [6.45, 7) is 4.64. The van der Waals surface area contributed by atoms with Crippen LogP contribution in [0.15, 0.2) is 24.3 Å². The molecule has 0 bridgehead atoms. The van der Waals surface area contributed by atoms with Crippen LogP contribution in [0.3, 0.4) is 0 Å². The first kappa shape index (κ1) is 19.1. The zero-order chi connectivity index (χ0) is 20.0. The molecule has 1 aromatic carbocycles. The number of carbonyl (C=O) groups excluding carboxylic acids is 1. The number of nitrogens with zero attached hydrogens (tertiary/aromatic N) is 2. The lowest BCUT2D eigenvalue weighted by molar-refractivity contribution is -0.180. The van der Waals surface area contributed by atoms with Crippen LogP contribution in [-0.4, -0.2) is 34.3 Å². The Balaban J connectivity index is 1.61. The smallest absolute Gasteiger partial charge is 0.397 e. The molecule has 146 valence electrons. The Labute approximate surface area is 154 Å². The van der Waals surface area contributed by atoms with E-state index in [1.807, 2.05) is 0 Å². The molecule has 1 amide bonds. The maximum atomic E-state index is 13.1. The number of halogens is 3. The van der Waals surface area contributed by atoms with E-state index in [-0.39, 0.29) is 24.0 Å². The molecule has 0 aliphatic carbocycles. The van der Waals surface area contributed by atoms with Gasteiger partial charge in [0.25, 0.3) is 11.9 Å². The third-order valence-electron chi connectivity index (χ3n) is 4.80. The predicted molar refractivity (Wildman–Crippen MR) is 90.9 cm³/mol. The Morgan fingerprint density at radius 1 is 1.33 bits per heavy atom. The minimum Gasteiger partial charge on any atom is -0.490 e. The van der Waals surface area contributed by atoms with Gasteiger partial charge in [-0.1, -0.05) is 12.1 Å². The van der Waals surface area contributed by atoms with Crippen molar-refractivity contribution < 1.29 is 27.4 Å². The van der Waals surface area contributed by atoms with Gasteiger partial charge in [0, 0.05) is 0 Å². The summed E-state index contributed by atoms with van der Waals surface area (Å²) in [4.78, 5) is 15.3. The van der Waals surface area contributed by atoms with Crippen molar-refractivity contribution in [3.63, 3.8) is 0 Å². The first-order valence-corrected chi connectivity index (χ1v) is 8.34. The number of aromatic nitrogens is 2. The van der Waals surface area contributed by atoms with Crippen molar-refractivity contribution in [2.75, 3.05) is 6.61 Å². The minimum atomic E-state index is -4.34. The zero-order valence-electron chi connectivity index (χ0n) is 15.1. The number of imidazole rings is 1. The van der Waals surface area contributed by atoms with Gasteiger partial charge in [-0.05, 0) is 38.5 Å². The molecule has 2 aromatic rings. The summed E-state index contributed by atoms with van der Waals surface area (Å²) in [7, 11) is 0. The summed E-state index contributed by atoms with van der Waals surface area (Å²) in [6.07, 6.45) is -4.66. The molecule has 0 fully saturated rings. The van der Waals surface area contributed by atoms with E-state index in [0.29, 0.717) is 24.0 Å². The van der Waals surface area contributed by atoms with E-state index in [2.05, 4.69) is 4.98 Å². The number of primary amides is 1. The molecule has 2 heterocycles. The van der Waals surface area contributed by atoms with Crippen LogP contribution in [0.2, 0.25) is 0 Å². The molecule has 6 nitrogen and oxygen atoms in total. The third-order valence-corrected chi connectivity index (χ3v) is 4.80. The summed E-state index contributed by atoms with van der Waals surface area (Å²) in [5, 5.41) is 0. The van der Waals surface area contributed by atoms with Crippen LogP contribution in [0.1, 0.15) is 35.6 Å². The maximum Gasteiger partial charge on any atom is 0.397 e. The number of ether oxygens (including phenoxy) is 2. The monoisotopic (exact) mass is 383 g/mol. The van der Waals surface area contributed by atoms with E-state index < -0.39 is 17.5 Å². The average molecular weight is 383 g/mol. The molecule has 0 saturated carbocycles. The molecule has 1 aromatic heterocycles. The molecule has 9 heteroatoms. The fraction of sp³-hybridized carbons (Fsp3) is 0.444. The van der Waals surface area contributed by atoms with E-state index in [1.165, 1.54) is 24.3 Å². The van der Waals surface area contributed by atoms with Crippen molar-refractivity contribution >= 4 is 5.91 Å². The molecule has 0 spiro atoms. The topological polar surface area (TPSA) is 79.4 Å². The highest BCUT2D eigenvalue weighted by atomic mass is 19.4. The molecule has 27 heavy (non-hydrogen) atoms. The first-order chi connectivity index (χ1) is 12.5. The van der Waals surface area contributed by atoms with Gasteiger partial charge in [0.2, 0.25) is 0 Å². The van der Waals surface area contributed by atoms with Gasteiger partial charge in [-0.25, -0.2) is 0 Å². The van der Waals surface area contributed by atoms with Crippen LogP contribution in [0.25, 0.3) is 0 Å². The van der Waals surface area contributed by atoms with E-state index >= 15 is 0 Å². The molecule has 1 aliphatic rings. The van der Waals surface area contributed by atoms with Gasteiger partial charge < -0.3 is 15.2 Å². The number of carbonyl (C=O) groups is 1. The first-order valence-electron chi connectivity index (χ1n) is 8.34. The van der Waals surface area contributed by atoms with Crippen molar-refractivity contribution in [1.29, 1.82) is 0 Å². The highest BCUT2D eigenvalue weighted by Crippen LogP contribution is 2.40. The SMILES string of the molecule is Cc1c(C(N)=O)nc2n1C[C@@H](COc1ccc(C(C)(C)C(F)(F)F)cc1)O2. The quantitative estimate of drug-likeness (QED) is 0.861. The number of nitrogens with two attached hydrogens (primary N) is 1. The van der Waals surface area contributed by atoms with E-state index in [0.717, 1.165) is 13.8 Å². The average Bonchev–Trinajstić information content (AvgIpc) is 3.11. The lowest BCUT2D eigenvalue weighted by Gasteiger charge is -2.28. The number of hydrogen-bond donors (Lipinski definition) is 1. The van der Waals surface area contributed by atoms with E-state index in [1.54, 1.807) is 11.5 Å². The van der Waals surface area contributed by atoms with Gasteiger partial charge >= 0.3 is 6.18 Å². The number of fused-ring (bicyclic) bond motifs is 1. The Bertz CT molecular complexity index is 857. The lowest BCUT2D eigenvalue weighted by Crippen LogP contribution is -2.36. The largest absolute Gasteiger partial charge is 0.490 e. The molecule has 0 saturated heterocycles. The standard InChI is InChI=1S/C18H20F3N3O3/c1-10-14(15(22)25)23-16-24(10)8-13(27-16)9-26-12-6-4-11(5-7-12)17(2,3)18(19,20)21/h4-7,13H,8-9H2,1-3H3,(H2,22,25)/t13-/m0/s1. The normalized spacial score (nSPS) is 16.7. The van der Waals surface area contributed by atoms with Crippen LogP contribution >= 0.6 is 0 Å². The second kappa shape index (κ2) is 6.47. The summed E-state index contributed by atoms with van der Waals surface area (Å²) in [6, 6.07) is 6.14. The van der Waals surface area contributed by atoms with Crippen LogP contribution in [-0.2, 0) is 12.0 Å². The highest BCUT2D eigenvalue weighted by molar-refractivity contribution is 5.92. The summed E-state index contributed by atoms with van der Waals surface area (Å²) >= 11 is 0. The van der Waals surface area contributed by atoms with Crippen molar-refractivity contribution in [3.05, 3.63) is 41.2 Å². The molecular weight excluding hydrogens is 363 g/mol. The molecule has 1 atom stereocenters. The number of amides is 1. The predicted octanol–water partition coefficient (Wildman–Crippen LogP) is 2.97. The summed E-state index contributed by atoms with van der Waals surface area (Å²) in [5.74, 6) is -0.174. The molecule has 2 N–H and O–H groups in total. The van der Waals surface area contributed by atoms with Crippen molar-refractivity contribution in [2.45, 2.75) is 45.0 Å². The van der Waals surface area contributed by atoms with E-state index in [4.69, 9.17) is 15.2 Å². The Kier molecular flexibility index (Phi) is 4.57. The summed E-state index contributed by atoms with van der Waals surface area (Å²) < 4.78 is 52.3. The van der Waals surface area contributed by atoms with Gasteiger partial charge in [-0.2, -0.15) is 18.2 Å². The van der Waals surface area contributed by atoms with Crippen molar-refractivity contribution in [1.82, 2.24) is 9.55 Å². The molecular formula is C18H20F3N3O3. The Morgan fingerprint density at radius 2 is 1.96 bits per heavy atom. The fourth-order valence-corrected chi connectivity index (χ4v) is 2.84. The highest BCUT2D eigenvalue weighted by Gasteiger charge is 2.48. The van der Waals surface area contributed by atoms with Gasteiger partial charge in [0.05, 0.1) is 17.7 Å². The second-order valence-electron chi connectivity index (χ2n) is 7.00. The van der Waals surface area contributed by atoms with Gasteiger partial charge in [-0.3, -0.25) is 9.36 Å². The van der Waals surface area contributed by atoms with Crippen molar-refractivity contribution in [3.8, 4) is 11.8 Å². The third kappa shape index (κ3) is 3.45. The molecule has 3 rings (SSSR count). The number of hydrogen-bond acceptors (Lipinski definition) is 4.